The Morgan fingerprint density at radius 2 is 1.92 bits per heavy atom. The van der Waals surface area contributed by atoms with Crippen LogP contribution >= 0.6 is 0 Å². The highest BCUT2D eigenvalue weighted by Gasteiger charge is 2.66. The number of carbonyl (C=O) groups is 2. The molecular weight excluding hydrogens is 493 g/mol. The quantitative estimate of drug-likeness (QED) is 0.546. The number of alkyl halides is 3. The molecule has 3 unspecified atom stereocenters. The number of aromatic nitrogens is 4. The molecule has 2 saturated carbocycles. The predicted octanol–water partition coefficient (Wildman–Crippen LogP) is 2.46. The van der Waals surface area contributed by atoms with Crippen molar-refractivity contribution in [2.75, 3.05) is 13.7 Å². The van der Waals surface area contributed by atoms with E-state index < -0.39 is 29.1 Å². The van der Waals surface area contributed by atoms with Gasteiger partial charge in [0, 0.05) is 24.1 Å². The van der Waals surface area contributed by atoms with Crippen molar-refractivity contribution in [3.05, 3.63) is 24.2 Å². The van der Waals surface area contributed by atoms with Crippen LogP contribution in [0.2, 0.25) is 0 Å². The number of nitrogens with one attached hydrogen (secondary N) is 1. The van der Waals surface area contributed by atoms with Gasteiger partial charge in [0.1, 0.15) is 6.33 Å². The molecule has 2 amide bonds. The van der Waals surface area contributed by atoms with Crippen molar-refractivity contribution in [3.63, 3.8) is 0 Å². The average Bonchev–Trinajstić information content (AvgIpc) is 3.34. The van der Waals surface area contributed by atoms with Crippen molar-refractivity contribution in [1.82, 2.24) is 25.1 Å². The first-order valence-corrected chi connectivity index (χ1v) is 12.3. The molecule has 1 saturated heterocycles. The molecule has 2 aromatic heterocycles. The smallest absolute Gasteiger partial charge is 0.417 e. The molecule has 3 fully saturated rings. The zero-order chi connectivity index (χ0) is 26.6. The Balaban J connectivity index is 1.36. The van der Waals surface area contributed by atoms with Crippen molar-refractivity contribution < 1.29 is 32.6 Å². The summed E-state index contributed by atoms with van der Waals surface area (Å²) in [4.78, 5) is 35.5. The highest BCUT2D eigenvalue weighted by atomic mass is 19.4. The largest absolute Gasteiger partial charge is 0.481 e. The Hall–Kier alpha value is -3.22. The van der Waals surface area contributed by atoms with Gasteiger partial charge >= 0.3 is 6.18 Å². The lowest BCUT2D eigenvalue weighted by molar-refractivity contribution is -0.272. The number of rotatable bonds is 5. The second-order valence-electron chi connectivity index (χ2n) is 10.4. The summed E-state index contributed by atoms with van der Waals surface area (Å²) >= 11 is 0. The lowest BCUT2D eigenvalue weighted by Gasteiger charge is -2.42. The number of halogens is 3. The lowest BCUT2D eigenvalue weighted by atomic mass is 9.74. The standard InChI is InChI=1S/C24H29F3N6O4/c1-37-19-9-16(29-12-30-19)17-8-18(32-31-17)21(35)33-7-4-14(20(28)34)10-22(33)11-15(22)13-2-5-23(36,6-3-13)24(25,26)27/h8-9,12-15,36H,2-7,10-11H2,1H3,(H2,28,34)(H,31,32). The molecule has 3 atom stereocenters. The molecule has 0 radical (unpaired) electrons. The topological polar surface area (TPSA) is 147 Å². The van der Waals surface area contributed by atoms with E-state index in [0.29, 0.717) is 43.1 Å². The van der Waals surface area contributed by atoms with E-state index in [2.05, 4.69) is 20.2 Å². The lowest BCUT2D eigenvalue weighted by Crippen LogP contribution is -2.52. The average molecular weight is 523 g/mol. The van der Waals surface area contributed by atoms with Crippen LogP contribution in [0.4, 0.5) is 13.2 Å². The number of amides is 2. The number of ether oxygens (including phenoxy) is 1. The van der Waals surface area contributed by atoms with E-state index in [-0.39, 0.29) is 49.1 Å². The van der Waals surface area contributed by atoms with E-state index in [4.69, 9.17) is 10.5 Å². The molecule has 13 heteroatoms. The van der Waals surface area contributed by atoms with Crippen LogP contribution < -0.4 is 10.5 Å². The minimum absolute atomic E-state index is 0.0686. The number of methoxy groups -OCH3 is 1. The molecule has 4 N–H and O–H groups in total. The predicted molar refractivity (Wildman–Crippen MR) is 123 cm³/mol. The molecule has 10 nitrogen and oxygen atoms in total. The van der Waals surface area contributed by atoms with Crippen molar-refractivity contribution >= 4 is 11.8 Å². The summed E-state index contributed by atoms with van der Waals surface area (Å²) in [7, 11) is 1.48. The number of nitrogens with two attached hydrogens (primary N) is 1. The summed E-state index contributed by atoms with van der Waals surface area (Å²) in [6.45, 7) is 0.297. The third-order valence-corrected chi connectivity index (χ3v) is 8.47. The zero-order valence-corrected chi connectivity index (χ0v) is 20.3. The van der Waals surface area contributed by atoms with Crippen molar-refractivity contribution in [1.29, 1.82) is 0 Å². The summed E-state index contributed by atoms with van der Waals surface area (Å²) in [5.41, 5.74) is 3.44. The number of primary amides is 1. The van der Waals surface area contributed by atoms with Gasteiger partial charge in [-0.3, -0.25) is 14.7 Å². The third kappa shape index (κ3) is 4.42. The minimum atomic E-state index is -4.67. The van der Waals surface area contributed by atoms with Crippen LogP contribution in [0.3, 0.4) is 0 Å². The second-order valence-corrected chi connectivity index (χ2v) is 10.4. The number of nitrogens with zero attached hydrogens (tertiary/aromatic N) is 4. The van der Waals surface area contributed by atoms with E-state index in [9.17, 15) is 27.9 Å². The van der Waals surface area contributed by atoms with Gasteiger partial charge in [-0.1, -0.05) is 0 Å². The molecular formula is C24H29F3N6O4. The Bertz CT molecular complexity index is 1200. The van der Waals surface area contributed by atoms with Gasteiger partial charge in [0.25, 0.3) is 5.91 Å². The molecule has 3 aliphatic rings. The number of piperidine rings is 1. The normalized spacial score (nSPS) is 31.8. The Morgan fingerprint density at radius 1 is 1.19 bits per heavy atom. The van der Waals surface area contributed by atoms with Gasteiger partial charge in [0.15, 0.2) is 11.3 Å². The van der Waals surface area contributed by atoms with Crippen LogP contribution in [-0.2, 0) is 4.79 Å². The first-order valence-electron chi connectivity index (χ1n) is 12.3. The molecule has 2 aromatic rings. The Labute approximate surface area is 210 Å². The van der Waals surface area contributed by atoms with Crippen LogP contribution in [0.1, 0.15) is 55.4 Å². The molecule has 0 aromatic carbocycles. The van der Waals surface area contributed by atoms with Gasteiger partial charge in [-0.25, -0.2) is 9.97 Å². The van der Waals surface area contributed by atoms with Gasteiger partial charge in [-0.05, 0) is 62.8 Å². The van der Waals surface area contributed by atoms with Crippen LogP contribution in [-0.4, -0.2) is 73.0 Å². The maximum Gasteiger partial charge on any atom is 0.417 e. The SMILES string of the molecule is COc1cc(-c2cc(C(=O)N3CCC(C(N)=O)CC34CC4C3CCC(O)(C(F)(F)F)CC3)n[nH]2)ncn1. The first-order chi connectivity index (χ1) is 17.5. The fourth-order valence-corrected chi connectivity index (χ4v) is 6.27. The molecule has 5 rings (SSSR count). The van der Waals surface area contributed by atoms with Crippen LogP contribution in [0.25, 0.3) is 11.4 Å². The summed E-state index contributed by atoms with van der Waals surface area (Å²) in [5, 5.41) is 17.1. The van der Waals surface area contributed by atoms with E-state index in [1.165, 1.54) is 13.4 Å². The summed E-state index contributed by atoms with van der Waals surface area (Å²) in [6.07, 6.45) is -2.31. The van der Waals surface area contributed by atoms with E-state index >= 15 is 0 Å². The Kier molecular flexibility index (Phi) is 6.16. The van der Waals surface area contributed by atoms with Crippen molar-refractivity contribution in [2.24, 2.45) is 23.5 Å². The number of hydrogen-bond donors (Lipinski definition) is 3. The number of hydrogen-bond acceptors (Lipinski definition) is 7. The van der Waals surface area contributed by atoms with Crippen LogP contribution in [0.15, 0.2) is 18.5 Å². The molecule has 37 heavy (non-hydrogen) atoms. The van der Waals surface area contributed by atoms with Gasteiger partial charge < -0.3 is 20.5 Å². The van der Waals surface area contributed by atoms with Gasteiger partial charge in [-0.15, -0.1) is 0 Å². The molecule has 200 valence electrons. The number of H-pyrrole nitrogens is 1. The number of aromatic amines is 1. The van der Waals surface area contributed by atoms with Crippen molar-refractivity contribution in [2.45, 2.75) is 62.3 Å². The first kappa shape index (κ1) is 25.4. The molecule has 1 spiro atoms. The van der Waals surface area contributed by atoms with E-state index in [0.717, 1.165) is 0 Å². The van der Waals surface area contributed by atoms with Gasteiger partial charge in [-0.2, -0.15) is 18.3 Å². The monoisotopic (exact) mass is 522 g/mol. The zero-order valence-electron chi connectivity index (χ0n) is 20.3. The molecule has 3 heterocycles. The van der Waals surface area contributed by atoms with Crippen LogP contribution in [0.5, 0.6) is 5.88 Å². The Morgan fingerprint density at radius 3 is 2.57 bits per heavy atom. The van der Waals surface area contributed by atoms with Gasteiger partial charge in [0.2, 0.25) is 11.8 Å². The number of carbonyl (C=O) groups excluding carboxylic acids is 2. The second kappa shape index (κ2) is 8.96. The van der Waals surface area contributed by atoms with E-state index in [1.807, 2.05) is 0 Å². The van der Waals surface area contributed by atoms with E-state index in [1.54, 1.807) is 17.0 Å². The maximum absolute atomic E-state index is 13.6. The third-order valence-electron chi connectivity index (χ3n) is 8.47. The maximum atomic E-state index is 13.6. The highest BCUT2D eigenvalue weighted by molar-refractivity contribution is 5.94. The number of likely N-dealkylation sites (tertiary alicyclic amines) is 1. The summed E-state index contributed by atoms with van der Waals surface area (Å²) < 4.78 is 45.0. The fourth-order valence-electron chi connectivity index (χ4n) is 6.27. The summed E-state index contributed by atoms with van der Waals surface area (Å²) in [5.74, 6) is -0.976. The van der Waals surface area contributed by atoms with Gasteiger partial charge in [0.05, 0.1) is 18.5 Å². The molecule has 2 aliphatic carbocycles. The molecule has 0 bridgehead atoms. The fraction of sp³-hybridized carbons (Fsp3) is 0.625. The molecule has 1 aliphatic heterocycles. The summed E-state index contributed by atoms with van der Waals surface area (Å²) in [6, 6.07) is 3.18. The van der Waals surface area contributed by atoms with Crippen LogP contribution in [0, 0.1) is 17.8 Å². The highest BCUT2D eigenvalue weighted by Crippen LogP contribution is 2.62. The number of aliphatic hydroxyl groups is 1. The van der Waals surface area contributed by atoms with Crippen molar-refractivity contribution in [3.8, 4) is 17.3 Å². The minimum Gasteiger partial charge on any atom is -0.481 e.